The zero-order valence-electron chi connectivity index (χ0n) is 10.7. The lowest BCUT2D eigenvalue weighted by Gasteiger charge is -2.11. The molecule has 0 bridgehead atoms. The average molecular weight is 276 g/mol. The Hall–Kier alpha value is -1.58. The molecule has 2 heterocycles. The van der Waals surface area contributed by atoms with Gasteiger partial charge in [-0.3, -0.25) is 0 Å². The van der Waals surface area contributed by atoms with Gasteiger partial charge < -0.3 is 9.88 Å². The monoisotopic (exact) mass is 275 g/mol. The van der Waals surface area contributed by atoms with E-state index in [-0.39, 0.29) is 12.4 Å². The number of rotatable bonds is 3. The number of hydrogen-bond acceptors (Lipinski definition) is 2. The van der Waals surface area contributed by atoms with E-state index >= 15 is 0 Å². The number of aromatic nitrogens is 2. The van der Waals surface area contributed by atoms with Gasteiger partial charge in [0.15, 0.2) is 0 Å². The van der Waals surface area contributed by atoms with Gasteiger partial charge in [-0.1, -0.05) is 36.4 Å². The van der Waals surface area contributed by atoms with Gasteiger partial charge in [-0.15, -0.1) is 12.4 Å². The van der Waals surface area contributed by atoms with Crippen molar-refractivity contribution in [3.63, 3.8) is 0 Å². The zero-order valence-corrected chi connectivity index (χ0v) is 11.6. The summed E-state index contributed by atoms with van der Waals surface area (Å²) in [6.45, 7) is 2.90. The van der Waals surface area contributed by atoms with Gasteiger partial charge in [-0.25, -0.2) is 4.98 Å². The van der Waals surface area contributed by atoms with Crippen LogP contribution in [0.3, 0.4) is 0 Å². The fourth-order valence-electron chi connectivity index (χ4n) is 2.26. The Morgan fingerprint density at radius 1 is 1.21 bits per heavy atom. The fraction of sp³-hybridized carbons (Fsp3) is 0.267. The van der Waals surface area contributed by atoms with E-state index in [0.29, 0.717) is 0 Å². The molecule has 1 aromatic carbocycles. The van der Waals surface area contributed by atoms with E-state index < -0.39 is 0 Å². The highest BCUT2D eigenvalue weighted by Crippen LogP contribution is 2.17. The van der Waals surface area contributed by atoms with Crippen molar-refractivity contribution in [2.45, 2.75) is 13.0 Å². The second kappa shape index (κ2) is 6.55. The molecule has 0 saturated heterocycles. The third-order valence-corrected chi connectivity index (χ3v) is 3.23. The van der Waals surface area contributed by atoms with Crippen LogP contribution in [-0.2, 0) is 6.54 Å². The highest BCUT2D eigenvalue weighted by atomic mass is 35.5. The molecular weight excluding hydrogens is 258 g/mol. The molecule has 1 N–H and O–H groups in total. The van der Waals surface area contributed by atoms with Crippen molar-refractivity contribution in [3.05, 3.63) is 60.2 Å². The largest absolute Gasteiger partial charge is 0.332 e. The predicted octanol–water partition coefficient (Wildman–Crippen LogP) is 2.73. The summed E-state index contributed by atoms with van der Waals surface area (Å²) < 4.78 is 2.15. The summed E-state index contributed by atoms with van der Waals surface area (Å²) in [6.07, 6.45) is 7.37. The van der Waals surface area contributed by atoms with Crippen LogP contribution in [0, 0.1) is 0 Å². The van der Waals surface area contributed by atoms with Gasteiger partial charge in [0.05, 0.1) is 12.0 Å². The minimum atomic E-state index is 0. The minimum Gasteiger partial charge on any atom is -0.332 e. The van der Waals surface area contributed by atoms with Crippen LogP contribution in [0.4, 0.5) is 0 Å². The number of halogens is 1. The van der Waals surface area contributed by atoms with Gasteiger partial charge >= 0.3 is 0 Å². The molecular formula is C15H18ClN3. The molecule has 100 valence electrons. The van der Waals surface area contributed by atoms with E-state index in [1.807, 2.05) is 12.4 Å². The molecule has 3 nitrogen and oxygen atoms in total. The molecule has 19 heavy (non-hydrogen) atoms. The lowest BCUT2D eigenvalue weighted by atomic mass is 10.1. The van der Waals surface area contributed by atoms with E-state index in [1.54, 1.807) is 0 Å². The fourth-order valence-corrected chi connectivity index (χ4v) is 2.26. The van der Waals surface area contributed by atoms with Gasteiger partial charge in [0.1, 0.15) is 0 Å². The van der Waals surface area contributed by atoms with Gasteiger partial charge in [-0.05, 0) is 24.1 Å². The first kappa shape index (κ1) is 13.8. The quantitative estimate of drug-likeness (QED) is 0.933. The van der Waals surface area contributed by atoms with Crippen LogP contribution in [-0.4, -0.2) is 22.6 Å². The molecule has 4 heteroatoms. The second-order valence-electron chi connectivity index (χ2n) is 4.60. The highest BCUT2D eigenvalue weighted by Gasteiger charge is 2.08. The molecule has 0 atom stereocenters. The molecule has 3 rings (SSSR count). The molecule has 0 spiro atoms. The molecule has 0 fully saturated rings. The smallest absolute Gasteiger partial charge is 0.0956 e. The zero-order chi connectivity index (χ0) is 12.2. The molecule has 1 aromatic heterocycles. The topological polar surface area (TPSA) is 29.9 Å². The van der Waals surface area contributed by atoms with Gasteiger partial charge in [-0.2, -0.15) is 0 Å². The Labute approximate surface area is 119 Å². The van der Waals surface area contributed by atoms with Crippen LogP contribution in [0.2, 0.25) is 0 Å². The molecule has 2 aromatic rings. The predicted molar refractivity (Wildman–Crippen MR) is 80.5 cm³/mol. The van der Waals surface area contributed by atoms with Crippen LogP contribution in [0.5, 0.6) is 0 Å². The summed E-state index contributed by atoms with van der Waals surface area (Å²) in [7, 11) is 0. The third-order valence-electron chi connectivity index (χ3n) is 3.23. The lowest BCUT2D eigenvalue weighted by molar-refractivity contribution is 0.737. The minimum absolute atomic E-state index is 0. The van der Waals surface area contributed by atoms with E-state index in [4.69, 9.17) is 0 Å². The summed E-state index contributed by atoms with van der Waals surface area (Å²) in [5.41, 5.74) is 3.79. The van der Waals surface area contributed by atoms with Crippen molar-refractivity contribution in [2.24, 2.45) is 0 Å². The van der Waals surface area contributed by atoms with E-state index in [0.717, 1.165) is 31.7 Å². The van der Waals surface area contributed by atoms with Crippen LogP contribution in [0.25, 0.3) is 5.57 Å². The SMILES string of the molecule is C1=C(c2cn(Cc3ccccc3)cn2)CCNC1.Cl. The Kier molecular flexibility index (Phi) is 4.77. The molecule has 0 amide bonds. The summed E-state index contributed by atoms with van der Waals surface area (Å²) in [5, 5.41) is 3.32. The standard InChI is InChI=1S/C15H17N3.ClH/c1-2-4-13(5-3-1)10-18-11-15(17-12-18)14-6-8-16-9-7-14;/h1-6,11-12,16H,7-10H2;1H. The van der Waals surface area contributed by atoms with Crippen molar-refractivity contribution in [2.75, 3.05) is 13.1 Å². The van der Waals surface area contributed by atoms with Crippen molar-refractivity contribution in [3.8, 4) is 0 Å². The summed E-state index contributed by atoms with van der Waals surface area (Å²) >= 11 is 0. The Bertz CT molecular complexity index is 546. The maximum absolute atomic E-state index is 4.50. The van der Waals surface area contributed by atoms with Crippen LogP contribution >= 0.6 is 12.4 Å². The molecule has 0 unspecified atom stereocenters. The number of imidazole rings is 1. The second-order valence-corrected chi connectivity index (χ2v) is 4.60. The number of hydrogen-bond donors (Lipinski definition) is 1. The maximum atomic E-state index is 4.50. The summed E-state index contributed by atoms with van der Waals surface area (Å²) in [5.74, 6) is 0. The maximum Gasteiger partial charge on any atom is 0.0956 e. The molecule has 1 aliphatic heterocycles. The van der Waals surface area contributed by atoms with Crippen molar-refractivity contribution in [1.29, 1.82) is 0 Å². The van der Waals surface area contributed by atoms with Gasteiger partial charge in [0.2, 0.25) is 0 Å². The number of nitrogens with one attached hydrogen (secondary N) is 1. The summed E-state index contributed by atoms with van der Waals surface area (Å²) in [4.78, 5) is 4.50. The van der Waals surface area contributed by atoms with Crippen LogP contribution < -0.4 is 5.32 Å². The van der Waals surface area contributed by atoms with Gasteiger partial charge in [0, 0.05) is 19.3 Å². The van der Waals surface area contributed by atoms with E-state index in [9.17, 15) is 0 Å². The molecule has 1 aliphatic rings. The first-order valence-corrected chi connectivity index (χ1v) is 6.37. The van der Waals surface area contributed by atoms with Gasteiger partial charge in [0.25, 0.3) is 0 Å². The van der Waals surface area contributed by atoms with E-state index in [2.05, 4.69) is 51.4 Å². The number of benzene rings is 1. The Morgan fingerprint density at radius 3 is 2.79 bits per heavy atom. The highest BCUT2D eigenvalue weighted by molar-refractivity contribution is 5.85. The Balaban J connectivity index is 0.00000133. The normalized spacial score (nSPS) is 14.6. The molecule has 0 aliphatic carbocycles. The average Bonchev–Trinajstić information content (AvgIpc) is 2.89. The Morgan fingerprint density at radius 2 is 2.05 bits per heavy atom. The van der Waals surface area contributed by atoms with Crippen molar-refractivity contribution < 1.29 is 0 Å². The van der Waals surface area contributed by atoms with Crippen molar-refractivity contribution in [1.82, 2.24) is 14.9 Å². The molecule has 0 saturated carbocycles. The first-order chi connectivity index (χ1) is 8.92. The number of nitrogens with zero attached hydrogens (tertiary/aromatic N) is 2. The van der Waals surface area contributed by atoms with Crippen LogP contribution in [0.15, 0.2) is 48.9 Å². The van der Waals surface area contributed by atoms with Crippen LogP contribution in [0.1, 0.15) is 17.7 Å². The third kappa shape index (κ3) is 3.46. The first-order valence-electron chi connectivity index (χ1n) is 6.37. The van der Waals surface area contributed by atoms with E-state index in [1.165, 1.54) is 11.1 Å². The lowest BCUT2D eigenvalue weighted by Crippen LogP contribution is -2.20. The van der Waals surface area contributed by atoms with Crippen molar-refractivity contribution >= 4 is 18.0 Å². The molecule has 0 radical (unpaired) electrons. The summed E-state index contributed by atoms with van der Waals surface area (Å²) in [6, 6.07) is 10.5.